The highest BCUT2D eigenvalue weighted by atomic mass is 16.2. The maximum Gasteiger partial charge on any atom is 0.241 e. The Bertz CT molecular complexity index is 316. The molecule has 70 valence electrons. The summed E-state index contributed by atoms with van der Waals surface area (Å²) in [5.74, 6) is 0.921. The van der Waals surface area contributed by atoms with Gasteiger partial charge in [-0.3, -0.25) is 15.6 Å². The SMILES string of the molecule is Cn1ccnc1NNC(=O)C1CC1. The lowest BCUT2D eigenvalue weighted by Crippen LogP contribution is -2.31. The molecule has 0 aliphatic heterocycles. The fourth-order valence-corrected chi connectivity index (χ4v) is 1.05. The zero-order valence-corrected chi connectivity index (χ0v) is 7.45. The molecule has 0 spiro atoms. The Morgan fingerprint density at radius 2 is 2.46 bits per heavy atom. The molecule has 1 aliphatic carbocycles. The lowest BCUT2D eigenvalue weighted by molar-refractivity contribution is -0.121. The van der Waals surface area contributed by atoms with Crippen molar-refractivity contribution < 1.29 is 4.79 Å². The van der Waals surface area contributed by atoms with Crippen molar-refractivity contribution in [2.75, 3.05) is 5.43 Å². The Morgan fingerprint density at radius 1 is 1.69 bits per heavy atom. The van der Waals surface area contributed by atoms with Crippen LogP contribution in [0.1, 0.15) is 12.8 Å². The quantitative estimate of drug-likeness (QED) is 0.656. The normalized spacial score (nSPS) is 15.5. The van der Waals surface area contributed by atoms with Crippen molar-refractivity contribution in [3.63, 3.8) is 0 Å². The van der Waals surface area contributed by atoms with Crippen molar-refractivity contribution in [2.45, 2.75) is 12.8 Å². The second-order valence-electron chi connectivity index (χ2n) is 3.25. The topological polar surface area (TPSA) is 59.0 Å². The molecule has 0 aromatic carbocycles. The van der Waals surface area contributed by atoms with Crippen LogP contribution in [0, 0.1) is 5.92 Å². The number of amides is 1. The molecule has 2 N–H and O–H groups in total. The first-order chi connectivity index (χ1) is 6.27. The van der Waals surface area contributed by atoms with E-state index in [1.165, 1.54) is 0 Å². The molecule has 0 saturated heterocycles. The van der Waals surface area contributed by atoms with Gasteiger partial charge in [-0.05, 0) is 12.8 Å². The van der Waals surface area contributed by atoms with Crippen molar-refractivity contribution >= 4 is 11.9 Å². The van der Waals surface area contributed by atoms with Gasteiger partial charge in [-0.2, -0.15) is 0 Å². The van der Waals surface area contributed by atoms with E-state index >= 15 is 0 Å². The van der Waals surface area contributed by atoms with Crippen molar-refractivity contribution in [1.82, 2.24) is 15.0 Å². The predicted molar refractivity (Wildman–Crippen MR) is 47.7 cm³/mol. The minimum atomic E-state index is 0.0583. The Kier molecular flexibility index (Phi) is 1.92. The van der Waals surface area contributed by atoms with Gasteiger partial charge in [0.2, 0.25) is 11.9 Å². The fourth-order valence-electron chi connectivity index (χ4n) is 1.05. The molecule has 1 saturated carbocycles. The molecule has 5 nitrogen and oxygen atoms in total. The Labute approximate surface area is 76.1 Å². The van der Waals surface area contributed by atoms with Gasteiger partial charge in [-0.15, -0.1) is 0 Å². The van der Waals surface area contributed by atoms with Crippen LogP contribution < -0.4 is 10.9 Å². The molecule has 5 heteroatoms. The highest BCUT2D eigenvalue weighted by Gasteiger charge is 2.29. The molecule has 1 fully saturated rings. The lowest BCUT2D eigenvalue weighted by Gasteiger charge is -2.06. The summed E-state index contributed by atoms with van der Waals surface area (Å²) in [6.45, 7) is 0. The summed E-state index contributed by atoms with van der Waals surface area (Å²) in [6.07, 6.45) is 5.50. The molecular weight excluding hydrogens is 168 g/mol. The molecule has 0 atom stereocenters. The minimum absolute atomic E-state index is 0.0583. The van der Waals surface area contributed by atoms with Gasteiger partial charge in [0.25, 0.3) is 0 Å². The second-order valence-corrected chi connectivity index (χ2v) is 3.25. The Morgan fingerprint density at radius 3 is 3.00 bits per heavy atom. The van der Waals surface area contributed by atoms with Crippen LogP contribution in [0.4, 0.5) is 5.95 Å². The van der Waals surface area contributed by atoms with E-state index in [1.54, 1.807) is 10.8 Å². The summed E-state index contributed by atoms with van der Waals surface area (Å²) in [4.78, 5) is 15.2. The van der Waals surface area contributed by atoms with Gasteiger partial charge < -0.3 is 4.57 Å². The van der Waals surface area contributed by atoms with Crippen LogP contribution in [-0.2, 0) is 11.8 Å². The van der Waals surface area contributed by atoms with E-state index in [4.69, 9.17) is 0 Å². The molecule has 0 bridgehead atoms. The van der Waals surface area contributed by atoms with Gasteiger partial charge >= 0.3 is 0 Å². The number of imidazole rings is 1. The number of aryl methyl sites for hydroxylation is 1. The molecule has 13 heavy (non-hydrogen) atoms. The average molecular weight is 180 g/mol. The smallest absolute Gasteiger partial charge is 0.241 e. The standard InChI is InChI=1S/C8H12N4O/c1-12-5-4-9-8(12)11-10-7(13)6-2-3-6/h4-6H,2-3H2,1H3,(H,9,11)(H,10,13). The van der Waals surface area contributed by atoms with E-state index in [-0.39, 0.29) is 11.8 Å². The average Bonchev–Trinajstić information content (AvgIpc) is 2.88. The van der Waals surface area contributed by atoms with E-state index in [9.17, 15) is 4.79 Å². The highest BCUT2D eigenvalue weighted by Crippen LogP contribution is 2.28. The van der Waals surface area contributed by atoms with Crippen molar-refractivity contribution in [3.8, 4) is 0 Å². The van der Waals surface area contributed by atoms with Crippen LogP contribution in [0.25, 0.3) is 0 Å². The summed E-state index contributed by atoms with van der Waals surface area (Å²) in [5, 5.41) is 0. The molecule has 1 aromatic heterocycles. The van der Waals surface area contributed by atoms with Crippen LogP contribution >= 0.6 is 0 Å². The molecular formula is C8H12N4O. The van der Waals surface area contributed by atoms with Crippen LogP contribution in [-0.4, -0.2) is 15.5 Å². The number of hydrogen-bond acceptors (Lipinski definition) is 3. The van der Waals surface area contributed by atoms with Crippen molar-refractivity contribution in [3.05, 3.63) is 12.4 Å². The highest BCUT2D eigenvalue weighted by molar-refractivity contribution is 5.81. The summed E-state index contributed by atoms with van der Waals surface area (Å²) < 4.78 is 1.80. The van der Waals surface area contributed by atoms with E-state index in [0.29, 0.717) is 5.95 Å². The number of carbonyl (C=O) groups is 1. The van der Waals surface area contributed by atoms with Gasteiger partial charge in [0.1, 0.15) is 0 Å². The number of rotatable bonds is 3. The number of carbonyl (C=O) groups excluding carboxylic acids is 1. The van der Waals surface area contributed by atoms with E-state index in [0.717, 1.165) is 12.8 Å². The number of hydrazine groups is 1. The fraction of sp³-hybridized carbons (Fsp3) is 0.500. The number of anilines is 1. The monoisotopic (exact) mass is 180 g/mol. The first-order valence-electron chi connectivity index (χ1n) is 4.30. The Hall–Kier alpha value is -1.52. The summed E-state index contributed by atoms with van der Waals surface area (Å²) in [7, 11) is 1.86. The summed E-state index contributed by atoms with van der Waals surface area (Å²) in [5.41, 5.74) is 5.38. The first kappa shape index (κ1) is 8.10. The maximum atomic E-state index is 11.2. The van der Waals surface area contributed by atoms with Gasteiger partial charge in [-0.1, -0.05) is 0 Å². The van der Waals surface area contributed by atoms with Gasteiger partial charge in [0, 0.05) is 25.4 Å². The van der Waals surface area contributed by atoms with Crippen LogP contribution in [0.2, 0.25) is 0 Å². The second kappa shape index (κ2) is 3.08. The van der Waals surface area contributed by atoms with E-state index in [2.05, 4.69) is 15.8 Å². The molecule has 1 heterocycles. The molecule has 1 amide bonds. The summed E-state index contributed by atoms with van der Waals surface area (Å²) >= 11 is 0. The minimum Gasteiger partial charge on any atom is -0.319 e. The molecule has 0 radical (unpaired) electrons. The van der Waals surface area contributed by atoms with Gasteiger partial charge in [-0.25, -0.2) is 4.98 Å². The molecule has 2 rings (SSSR count). The number of nitrogens with one attached hydrogen (secondary N) is 2. The number of nitrogens with zero attached hydrogens (tertiary/aromatic N) is 2. The number of aromatic nitrogens is 2. The maximum absolute atomic E-state index is 11.2. The zero-order chi connectivity index (χ0) is 9.26. The lowest BCUT2D eigenvalue weighted by atomic mass is 10.4. The van der Waals surface area contributed by atoms with Crippen molar-refractivity contribution in [2.24, 2.45) is 13.0 Å². The Balaban J connectivity index is 1.85. The van der Waals surface area contributed by atoms with Gasteiger partial charge in [0.05, 0.1) is 0 Å². The third kappa shape index (κ3) is 1.80. The van der Waals surface area contributed by atoms with Crippen LogP contribution in [0.3, 0.4) is 0 Å². The van der Waals surface area contributed by atoms with Crippen molar-refractivity contribution in [1.29, 1.82) is 0 Å². The van der Waals surface area contributed by atoms with E-state index in [1.807, 2.05) is 13.2 Å². The number of hydrogen-bond donors (Lipinski definition) is 2. The third-order valence-electron chi connectivity index (χ3n) is 2.07. The zero-order valence-electron chi connectivity index (χ0n) is 7.45. The summed E-state index contributed by atoms with van der Waals surface area (Å²) in [6, 6.07) is 0. The third-order valence-corrected chi connectivity index (χ3v) is 2.07. The van der Waals surface area contributed by atoms with Crippen LogP contribution in [0.5, 0.6) is 0 Å². The van der Waals surface area contributed by atoms with E-state index < -0.39 is 0 Å². The van der Waals surface area contributed by atoms with Gasteiger partial charge in [0.15, 0.2) is 0 Å². The molecule has 0 unspecified atom stereocenters. The largest absolute Gasteiger partial charge is 0.319 e. The predicted octanol–water partition coefficient (Wildman–Crippen LogP) is 0.273. The molecule has 1 aromatic rings. The van der Waals surface area contributed by atoms with Crippen LogP contribution in [0.15, 0.2) is 12.4 Å². The first-order valence-corrected chi connectivity index (χ1v) is 4.30. The molecule has 1 aliphatic rings.